The molecule has 3 N–H and O–H groups in total. The van der Waals surface area contributed by atoms with Crippen LogP contribution in [0.1, 0.15) is 51.5 Å². The van der Waals surface area contributed by atoms with Gasteiger partial charge in [-0.25, -0.2) is 0 Å². The molecule has 3 amide bonds. The smallest absolute Gasteiger partial charge is 0.246 e. The summed E-state index contributed by atoms with van der Waals surface area (Å²) in [4.78, 5) is 42.1. The maximum Gasteiger partial charge on any atom is 0.246 e. The second kappa shape index (κ2) is 9.66. The highest BCUT2D eigenvalue weighted by molar-refractivity contribution is 5.99. The second-order valence-corrected chi connectivity index (χ2v) is 10.2. The van der Waals surface area contributed by atoms with Crippen LogP contribution in [0.5, 0.6) is 0 Å². The quantitative estimate of drug-likeness (QED) is 0.450. The second-order valence-electron chi connectivity index (χ2n) is 10.2. The summed E-state index contributed by atoms with van der Waals surface area (Å²) in [6.07, 6.45) is 3.74. The maximum atomic E-state index is 13.8. The number of hydrogen-bond acceptors (Lipinski definition) is 5. The molecule has 1 spiro atoms. The molecule has 6 atom stereocenters. The van der Waals surface area contributed by atoms with Gasteiger partial charge in [-0.3, -0.25) is 14.4 Å². The van der Waals surface area contributed by atoms with Gasteiger partial charge >= 0.3 is 0 Å². The van der Waals surface area contributed by atoms with Crippen molar-refractivity contribution in [2.75, 3.05) is 20.2 Å². The molecular formula is C26H37N3O5. The molecule has 8 nitrogen and oxygen atoms in total. The number of unbranched alkanes of at least 4 members (excludes halogenated alkanes) is 3. The number of hydrogen-bond donors (Lipinski definition) is 3. The third kappa shape index (κ3) is 3.90. The van der Waals surface area contributed by atoms with E-state index >= 15 is 0 Å². The summed E-state index contributed by atoms with van der Waals surface area (Å²) in [7, 11) is 1.58. The van der Waals surface area contributed by atoms with Crippen LogP contribution in [0, 0.1) is 17.8 Å². The number of ether oxygens (including phenoxy) is 1. The van der Waals surface area contributed by atoms with Gasteiger partial charge in [0.05, 0.1) is 17.4 Å². The van der Waals surface area contributed by atoms with Crippen molar-refractivity contribution < 1.29 is 24.2 Å². The SMILES string of the molecule is CNC(=O)[C@@H]1[C@H]2C(=O)N(CCCCCCO)C(C(=O)NCc3ccccc3)C23CC(C)[C@@]1(C)O3. The van der Waals surface area contributed by atoms with Crippen LogP contribution in [-0.4, -0.2) is 65.2 Å². The number of carbonyl (C=O) groups is 3. The Balaban J connectivity index is 1.63. The van der Waals surface area contributed by atoms with Crippen LogP contribution in [0.3, 0.4) is 0 Å². The Kier molecular flexibility index (Phi) is 7.01. The topological polar surface area (TPSA) is 108 Å². The minimum absolute atomic E-state index is 0.0350. The summed E-state index contributed by atoms with van der Waals surface area (Å²) in [6, 6.07) is 8.89. The molecule has 3 aliphatic rings. The normalized spacial score (nSPS) is 33.8. The van der Waals surface area contributed by atoms with Gasteiger partial charge in [0.2, 0.25) is 17.7 Å². The fourth-order valence-electron chi connectivity index (χ4n) is 6.46. The Bertz CT molecular complexity index is 924. The highest BCUT2D eigenvalue weighted by Gasteiger charge is 2.79. The van der Waals surface area contributed by atoms with Gasteiger partial charge in [-0.1, -0.05) is 50.1 Å². The molecule has 0 aliphatic carbocycles. The van der Waals surface area contributed by atoms with E-state index in [4.69, 9.17) is 9.84 Å². The van der Waals surface area contributed by atoms with Crippen LogP contribution in [0.25, 0.3) is 0 Å². The number of aliphatic hydroxyl groups is 1. The standard InChI is InChI=1S/C26H37N3O5/c1-17-15-26-20(19(22(31)27-3)25(17,2)34-26)24(33)29(13-9-4-5-10-14-30)21(26)23(32)28-16-18-11-7-6-8-12-18/h6-8,11-12,17,19-21,30H,4-5,9-10,13-16H2,1-3H3,(H,27,31)(H,28,32)/t17?,19-,20-,21?,25+,26?/m0/s1. The molecule has 1 aromatic carbocycles. The molecule has 3 unspecified atom stereocenters. The van der Waals surface area contributed by atoms with E-state index in [1.54, 1.807) is 11.9 Å². The molecule has 2 bridgehead atoms. The van der Waals surface area contributed by atoms with Crippen LogP contribution >= 0.6 is 0 Å². The van der Waals surface area contributed by atoms with Crippen LogP contribution in [0.15, 0.2) is 30.3 Å². The van der Waals surface area contributed by atoms with Gasteiger partial charge in [0.15, 0.2) is 0 Å². The number of nitrogens with one attached hydrogen (secondary N) is 2. The van der Waals surface area contributed by atoms with Gasteiger partial charge in [-0.2, -0.15) is 0 Å². The predicted octanol–water partition coefficient (Wildman–Crippen LogP) is 1.61. The first-order chi connectivity index (χ1) is 16.3. The fraction of sp³-hybridized carbons (Fsp3) is 0.654. The molecule has 0 radical (unpaired) electrons. The van der Waals surface area contributed by atoms with Gasteiger partial charge in [-0.15, -0.1) is 0 Å². The van der Waals surface area contributed by atoms with Crippen LogP contribution in [-0.2, 0) is 25.7 Å². The molecule has 1 aromatic rings. The third-order valence-corrected chi connectivity index (χ3v) is 8.21. The van der Waals surface area contributed by atoms with Crippen molar-refractivity contribution in [3.63, 3.8) is 0 Å². The minimum atomic E-state index is -1.01. The number of nitrogens with zero attached hydrogens (tertiary/aromatic N) is 1. The first kappa shape index (κ1) is 24.7. The summed E-state index contributed by atoms with van der Waals surface area (Å²) in [5.41, 5.74) is -0.815. The van der Waals surface area contributed by atoms with Crippen LogP contribution in [0.4, 0.5) is 0 Å². The zero-order chi connectivity index (χ0) is 24.5. The number of fused-ring (bicyclic) bond motifs is 1. The van der Waals surface area contributed by atoms with Crippen molar-refractivity contribution in [3.8, 4) is 0 Å². The van der Waals surface area contributed by atoms with Crippen molar-refractivity contribution in [1.82, 2.24) is 15.5 Å². The number of rotatable bonds is 10. The fourth-order valence-corrected chi connectivity index (χ4v) is 6.46. The van der Waals surface area contributed by atoms with Crippen LogP contribution in [0.2, 0.25) is 0 Å². The number of aliphatic hydroxyl groups excluding tert-OH is 1. The monoisotopic (exact) mass is 471 g/mol. The Morgan fingerprint density at radius 1 is 1.15 bits per heavy atom. The minimum Gasteiger partial charge on any atom is -0.396 e. The Labute approximate surface area is 201 Å². The largest absolute Gasteiger partial charge is 0.396 e. The number of likely N-dealkylation sites (tertiary alicyclic amines) is 1. The lowest BCUT2D eigenvalue weighted by molar-refractivity contribution is -0.147. The van der Waals surface area contributed by atoms with Crippen molar-refractivity contribution in [2.45, 2.75) is 69.7 Å². The van der Waals surface area contributed by atoms with E-state index in [1.807, 2.05) is 44.2 Å². The summed E-state index contributed by atoms with van der Waals surface area (Å²) in [5.74, 6) is -1.86. The van der Waals surface area contributed by atoms with E-state index in [-0.39, 0.29) is 30.2 Å². The van der Waals surface area contributed by atoms with E-state index in [0.717, 1.165) is 31.2 Å². The summed E-state index contributed by atoms with van der Waals surface area (Å²) in [6.45, 7) is 4.90. The molecule has 8 heteroatoms. The van der Waals surface area contributed by atoms with Gasteiger partial charge in [0, 0.05) is 26.7 Å². The molecule has 3 saturated heterocycles. The molecule has 4 rings (SSSR count). The zero-order valence-electron chi connectivity index (χ0n) is 20.4. The first-order valence-corrected chi connectivity index (χ1v) is 12.4. The lowest BCUT2D eigenvalue weighted by Gasteiger charge is -2.36. The average molecular weight is 472 g/mol. The Hall–Kier alpha value is -2.45. The van der Waals surface area contributed by atoms with E-state index in [0.29, 0.717) is 19.5 Å². The molecule has 0 saturated carbocycles. The molecule has 3 heterocycles. The molecule has 3 aliphatic heterocycles. The molecular weight excluding hydrogens is 434 g/mol. The maximum absolute atomic E-state index is 13.8. The van der Waals surface area contributed by atoms with Gasteiger partial charge < -0.3 is 25.4 Å². The summed E-state index contributed by atoms with van der Waals surface area (Å²) >= 11 is 0. The Morgan fingerprint density at radius 2 is 1.85 bits per heavy atom. The first-order valence-electron chi connectivity index (χ1n) is 12.4. The van der Waals surface area contributed by atoms with E-state index in [9.17, 15) is 14.4 Å². The lowest BCUT2D eigenvalue weighted by Crippen LogP contribution is -2.55. The zero-order valence-corrected chi connectivity index (χ0v) is 20.4. The van der Waals surface area contributed by atoms with Crippen molar-refractivity contribution >= 4 is 17.7 Å². The van der Waals surface area contributed by atoms with Crippen molar-refractivity contribution in [2.24, 2.45) is 17.8 Å². The highest BCUT2D eigenvalue weighted by Crippen LogP contribution is 2.65. The van der Waals surface area contributed by atoms with Crippen molar-refractivity contribution in [3.05, 3.63) is 35.9 Å². The van der Waals surface area contributed by atoms with E-state index < -0.39 is 29.1 Å². The number of carbonyl (C=O) groups excluding carboxylic acids is 3. The molecule has 0 aromatic heterocycles. The third-order valence-electron chi connectivity index (χ3n) is 8.21. The highest BCUT2D eigenvalue weighted by atomic mass is 16.5. The summed E-state index contributed by atoms with van der Waals surface area (Å²) in [5, 5.41) is 14.8. The summed E-state index contributed by atoms with van der Waals surface area (Å²) < 4.78 is 6.63. The molecule has 186 valence electrons. The van der Waals surface area contributed by atoms with Gasteiger partial charge in [0.25, 0.3) is 0 Å². The molecule has 3 fully saturated rings. The van der Waals surface area contributed by atoms with Gasteiger partial charge in [0.1, 0.15) is 11.6 Å². The van der Waals surface area contributed by atoms with Gasteiger partial charge in [-0.05, 0) is 37.7 Å². The number of amides is 3. The Morgan fingerprint density at radius 3 is 2.53 bits per heavy atom. The predicted molar refractivity (Wildman–Crippen MR) is 126 cm³/mol. The molecule has 34 heavy (non-hydrogen) atoms. The van der Waals surface area contributed by atoms with Crippen molar-refractivity contribution in [1.29, 1.82) is 0 Å². The van der Waals surface area contributed by atoms with Crippen LogP contribution < -0.4 is 10.6 Å². The van der Waals surface area contributed by atoms with E-state index in [1.165, 1.54) is 0 Å². The van der Waals surface area contributed by atoms with E-state index in [2.05, 4.69) is 10.6 Å². The average Bonchev–Trinajstić information content (AvgIpc) is 3.34. The number of benzene rings is 1. The lowest BCUT2D eigenvalue weighted by atomic mass is 9.62.